The zero-order chi connectivity index (χ0) is 29.0. The van der Waals surface area contributed by atoms with E-state index in [9.17, 15) is 9.59 Å². The number of aromatic nitrogens is 1. The minimum absolute atomic E-state index is 0.179. The van der Waals surface area contributed by atoms with E-state index in [1.54, 1.807) is 6.07 Å². The van der Waals surface area contributed by atoms with Crippen LogP contribution in [0.1, 0.15) is 32.0 Å². The maximum absolute atomic E-state index is 12.9. The highest BCUT2D eigenvalue weighted by molar-refractivity contribution is 5.98. The molecular formula is C35H31N3O4. The fourth-order valence-corrected chi connectivity index (χ4v) is 4.36. The Balaban J connectivity index is 1.12. The van der Waals surface area contributed by atoms with Gasteiger partial charge in [-0.3, -0.25) is 14.6 Å². The standard InChI is InChI=1S/C35H31N3O4/c39-34(37-23-19-26-11-7-9-17-32(26)41-29-13-3-1-4-14-29)28-21-22-36-31(25-28)35(40)38-24-20-27-12-8-10-18-33(27)42-30-15-5-2-6-16-30/h1-18,21-22,25H,19-20,23-24H2,(H,37,39)(H,38,40). The average Bonchev–Trinajstić information content (AvgIpc) is 3.03. The van der Waals surface area contributed by atoms with Crippen LogP contribution in [-0.4, -0.2) is 29.9 Å². The van der Waals surface area contributed by atoms with Gasteiger partial charge >= 0.3 is 0 Å². The first-order chi connectivity index (χ1) is 20.7. The van der Waals surface area contributed by atoms with E-state index >= 15 is 0 Å². The summed E-state index contributed by atoms with van der Waals surface area (Å²) >= 11 is 0. The molecule has 0 aliphatic carbocycles. The van der Waals surface area contributed by atoms with E-state index in [1.165, 1.54) is 12.3 Å². The monoisotopic (exact) mass is 557 g/mol. The number of pyridine rings is 1. The van der Waals surface area contributed by atoms with E-state index in [4.69, 9.17) is 9.47 Å². The molecular weight excluding hydrogens is 526 g/mol. The number of amides is 2. The highest BCUT2D eigenvalue weighted by atomic mass is 16.5. The molecule has 2 amide bonds. The summed E-state index contributed by atoms with van der Waals surface area (Å²) in [7, 11) is 0. The molecule has 210 valence electrons. The highest BCUT2D eigenvalue weighted by Crippen LogP contribution is 2.26. The van der Waals surface area contributed by atoms with Crippen molar-refractivity contribution in [3.05, 3.63) is 150 Å². The van der Waals surface area contributed by atoms with E-state index in [0.717, 1.165) is 34.1 Å². The van der Waals surface area contributed by atoms with Gasteiger partial charge in [-0.05, 0) is 72.5 Å². The number of nitrogens with one attached hydrogen (secondary N) is 2. The van der Waals surface area contributed by atoms with Crippen molar-refractivity contribution in [3.63, 3.8) is 0 Å². The minimum atomic E-state index is -0.349. The molecule has 0 saturated carbocycles. The topological polar surface area (TPSA) is 89.5 Å². The second kappa shape index (κ2) is 14.3. The lowest BCUT2D eigenvalue weighted by molar-refractivity contribution is 0.0949. The van der Waals surface area contributed by atoms with Gasteiger partial charge in [0.15, 0.2) is 0 Å². The van der Waals surface area contributed by atoms with Crippen LogP contribution in [0.25, 0.3) is 0 Å². The molecule has 0 unspecified atom stereocenters. The van der Waals surface area contributed by atoms with Crippen LogP contribution in [0.4, 0.5) is 0 Å². The fourth-order valence-electron chi connectivity index (χ4n) is 4.36. The van der Waals surface area contributed by atoms with E-state index in [-0.39, 0.29) is 17.5 Å². The van der Waals surface area contributed by atoms with Gasteiger partial charge in [0.2, 0.25) is 0 Å². The van der Waals surface area contributed by atoms with Crippen molar-refractivity contribution in [1.29, 1.82) is 0 Å². The molecule has 0 aliphatic rings. The van der Waals surface area contributed by atoms with Crippen LogP contribution in [0, 0.1) is 0 Å². The summed E-state index contributed by atoms with van der Waals surface area (Å²) in [5.41, 5.74) is 2.49. The first kappa shape index (κ1) is 28.1. The SMILES string of the molecule is O=C(NCCc1ccccc1Oc1ccccc1)c1ccnc(C(=O)NCCc2ccccc2Oc2ccccc2)c1. The maximum Gasteiger partial charge on any atom is 0.269 e. The third-order valence-electron chi connectivity index (χ3n) is 6.50. The van der Waals surface area contributed by atoms with Crippen LogP contribution >= 0.6 is 0 Å². The first-order valence-electron chi connectivity index (χ1n) is 13.8. The van der Waals surface area contributed by atoms with Gasteiger partial charge in [0.25, 0.3) is 11.8 Å². The van der Waals surface area contributed by atoms with E-state index in [2.05, 4.69) is 15.6 Å². The molecule has 0 spiro atoms. The predicted octanol–water partition coefficient (Wildman–Crippen LogP) is 6.61. The van der Waals surface area contributed by atoms with Gasteiger partial charge in [0, 0.05) is 24.8 Å². The zero-order valence-electron chi connectivity index (χ0n) is 23.0. The number of ether oxygens (including phenoxy) is 2. The number of carbonyl (C=O) groups is 2. The number of rotatable bonds is 12. The molecule has 4 aromatic carbocycles. The average molecular weight is 558 g/mol. The Bertz CT molecular complexity index is 1510. The first-order valence-corrected chi connectivity index (χ1v) is 13.8. The van der Waals surface area contributed by atoms with Crippen molar-refractivity contribution < 1.29 is 19.1 Å². The number of para-hydroxylation sites is 4. The minimum Gasteiger partial charge on any atom is -0.457 e. The number of nitrogens with zero attached hydrogens (tertiary/aromatic N) is 1. The summed E-state index contributed by atoms with van der Waals surface area (Å²) in [6.45, 7) is 0.791. The molecule has 7 nitrogen and oxygen atoms in total. The number of hydrogen-bond donors (Lipinski definition) is 2. The lowest BCUT2D eigenvalue weighted by Gasteiger charge is -2.12. The molecule has 0 fully saturated rings. The van der Waals surface area contributed by atoms with Crippen LogP contribution < -0.4 is 20.1 Å². The van der Waals surface area contributed by atoms with Crippen molar-refractivity contribution in [2.24, 2.45) is 0 Å². The quantitative estimate of drug-likeness (QED) is 0.180. The lowest BCUT2D eigenvalue weighted by Crippen LogP contribution is -2.28. The van der Waals surface area contributed by atoms with Crippen molar-refractivity contribution in [3.8, 4) is 23.0 Å². The smallest absolute Gasteiger partial charge is 0.269 e. The van der Waals surface area contributed by atoms with E-state index in [1.807, 2.05) is 109 Å². The Morgan fingerprint density at radius 2 is 1.05 bits per heavy atom. The number of benzene rings is 4. The molecule has 1 heterocycles. The normalized spacial score (nSPS) is 10.5. The van der Waals surface area contributed by atoms with Crippen LogP contribution in [0.5, 0.6) is 23.0 Å². The van der Waals surface area contributed by atoms with Crippen LogP contribution in [-0.2, 0) is 12.8 Å². The maximum atomic E-state index is 12.9. The van der Waals surface area contributed by atoms with Gasteiger partial charge < -0.3 is 20.1 Å². The van der Waals surface area contributed by atoms with Gasteiger partial charge in [0.1, 0.15) is 28.7 Å². The largest absolute Gasteiger partial charge is 0.457 e. The Morgan fingerprint density at radius 1 is 0.571 bits per heavy atom. The zero-order valence-corrected chi connectivity index (χ0v) is 23.0. The third-order valence-corrected chi connectivity index (χ3v) is 6.50. The second-order valence-electron chi connectivity index (χ2n) is 9.49. The molecule has 1 aromatic heterocycles. The molecule has 42 heavy (non-hydrogen) atoms. The summed E-state index contributed by atoms with van der Waals surface area (Å²) in [6.07, 6.45) is 2.63. The molecule has 0 atom stereocenters. The van der Waals surface area contributed by atoms with Crippen molar-refractivity contribution in [2.75, 3.05) is 13.1 Å². The van der Waals surface area contributed by atoms with E-state index in [0.29, 0.717) is 31.5 Å². The second-order valence-corrected chi connectivity index (χ2v) is 9.49. The number of carbonyl (C=O) groups excluding carboxylic acids is 2. The van der Waals surface area contributed by atoms with Crippen LogP contribution in [0.3, 0.4) is 0 Å². The van der Waals surface area contributed by atoms with Gasteiger partial charge in [-0.15, -0.1) is 0 Å². The lowest BCUT2D eigenvalue weighted by atomic mass is 10.1. The van der Waals surface area contributed by atoms with Crippen molar-refractivity contribution >= 4 is 11.8 Å². The van der Waals surface area contributed by atoms with Crippen LogP contribution in [0.2, 0.25) is 0 Å². The molecule has 0 saturated heterocycles. The van der Waals surface area contributed by atoms with Gasteiger partial charge in [0.05, 0.1) is 0 Å². The Kier molecular flexibility index (Phi) is 9.55. The molecule has 0 bridgehead atoms. The summed E-state index contributed by atoms with van der Waals surface area (Å²) in [5, 5.41) is 5.82. The molecule has 5 aromatic rings. The third kappa shape index (κ3) is 7.82. The van der Waals surface area contributed by atoms with Gasteiger partial charge in [-0.1, -0.05) is 72.8 Å². The molecule has 5 rings (SSSR count). The molecule has 7 heteroatoms. The Hall–Kier alpha value is -5.43. The summed E-state index contributed by atoms with van der Waals surface area (Å²) < 4.78 is 12.0. The highest BCUT2D eigenvalue weighted by Gasteiger charge is 2.13. The van der Waals surface area contributed by atoms with Crippen LogP contribution in [0.15, 0.2) is 128 Å². The van der Waals surface area contributed by atoms with Crippen molar-refractivity contribution in [2.45, 2.75) is 12.8 Å². The predicted molar refractivity (Wildman–Crippen MR) is 162 cm³/mol. The van der Waals surface area contributed by atoms with Crippen molar-refractivity contribution in [1.82, 2.24) is 15.6 Å². The fraction of sp³-hybridized carbons (Fsp3) is 0.114. The van der Waals surface area contributed by atoms with Gasteiger partial charge in [-0.2, -0.15) is 0 Å². The Labute approximate surface area is 245 Å². The Morgan fingerprint density at radius 3 is 1.60 bits per heavy atom. The number of hydrogen-bond acceptors (Lipinski definition) is 5. The molecule has 2 N–H and O–H groups in total. The summed E-state index contributed by atoms with van der Waals surface area (Å²) in [5.74, 6) is 2.36. The molecule has 0 aliphatic heterocycles. The summed E-state index contributed by atoms with van der Waals surface area (Å²) in [4.78, 5) is 29.8. The molecule has 0 radical (unpaired) electrons. The van der Waals surface area contributed by atoms with Gasteiger partial charge in [-0.25, -0.2) is 0 Å². The van der Waals surface area contributed by atoms with E-state index < -0.39 is 0 Å². The summed E-state index contributed by atoms with van der Waals surface area (Å²) in [6, 6.07) is 37.7.